The van der Waals surface area contributed by atoms with Crippen molar-refractivity contribution in [3.05, 3.63) is 47.0 Å². The minimum absolute atomic E-state index is 0.0107. The molecule has 10 atom stereocenters. The first-order valence-electron chi connectivity index (χ1n) is 15.9. The number of fused-ring (bicyclic) bond motifs is 4. The van der Waals surface area contributed by atoms with Gasteiger partial charge in [0.25, 0.3) is 0 Å². The van der Waals surface area contributed by atoms with Crippen LogP contribution in [0.3, 0.4) is 0 Å². The molecule has 4 aliphatic carbocycles. The highest BCUT2D eigenvalue weighted by atomic mass is 16.6. The lowest BCUT2D eigenvalue weighted by molar-refractivity contribution is -0.226. The van der Waals surface area contributed by atoms with E-state index in [0.717, 1.165) is 27.7 Å². The minimum Gasteiger partial charge on any atom is -0.459 e. The van der Waals surface area contributed by atoms with Crippen LogP contribution in [-0.2, 0) is 47.7 Å². The second-order valence-electron chi connectivity index (χ2n) is 14.3. The zero-order valence-electron chi connectivity index (χ0n) is 28.2. The average Bonchev–Trinajstić information content (AvgIpc) is 3.32. The van der Waals surface area contributed by atoms with Gasteiger partial charge in [0.1, 0.15) is 41.7 Å². The van der Waals surface area contributed by atoms with Crippen molar-refractivity contribution in [3.63, 3.8) is 0 Å². The molecule has 0 heterocycles. The Labute approximate surface area is 277 Å². The van der Waals surface area contributed by atoms with Crippen molar-refractivity contribution in [2.24, 2.45) is 22.7 Å². The molecule has 0 aliphatic heterocycles. The Morgan fingerprint density at radius 1 is 0.750 bits per heavy atom. The van der Waals surface area contributed by atoms with Crippen molar-refractivity contribution in [1.82, 2.24) is 0 Å². The first-order chi connectivity index (χ1) is 22.2. The van der Waals surface area contributed by atoms with E-state index in [2.05, 4.69) is 0 Å². The van der Waals surface area contributed by atoms with E-state index in [9.17, 15) is 39.0 Å². The van der Waals surface area contributed by atoms with Crippen LogP contribution in [0.25, 0.3) is 0 Å². The number of carbonyl (C=O) groups excluding carboxylic acids is 6. The lowest BCUT2D eigenvalue weighted by Gasteiger charge is -2.53. The van der Waals surface area contributed by atoms with Crippen LogP contribution < -0.4 is 0 Å². The second kappa shape index (κ2) is 11.8. The summed E-state index contributed by atoms with van der Waals surface area (Å²) in [6, 6.07) is 8.04. The van der Waals surface area contributed by atoms with Crippen molar-refractivity contribution in [3.8, 4) is 0 Å². The number of benzene rings is 1. The molecule has 13 nitrogen and oxygen atoms in total. The summed E-state index contributed by atoms with van der Waals surface area (Å²) in [5.41, 5.74) is -7.80. The highest BCUT2D eigenvalue weighted by molar-refractivity contribution is 6.05. The van der Waals surface area contributed by atoms with Crippen molar-refractivity contribution in [1.29, 1.82) is 0 Å². The highest BCUT2D eigenvalue weighted by Crippen LogP contribution is 2.66. The molecular formula is C35H42O13. The normalized spacial score (nSPS) is 37.8. The molecule has 5 rings (SSSR count). The lowest BCUT2D eigenvalue weighted by Crippen LogP contribution is -2.66. The topological polar surface area (TPSA) is 189 Å². The number of Topliss-reactive ketones (excluding diaryl/α,β-unsaturated/α-hetero) is 1. The number of hydrogen-bond donors (Lipinski definition) is 2. The van der Waals surface area contributed by atoms with Crippen LogP contribution in [0.4, 0.5) is 0 Å². The van der Waals surface area contributed by atoms with E-state index in [1.54, 1.807) is 39.0 Å². The van der Waals surface area contributed by atoms with E-state index in [4.69, 9.17) is 23.7 Å². The number of ether oxygens (including phenoxy) is 5. The molecule has 13 heteroatoms. The predicted octanol–water partition coefficient (Wildman–Crippen LogP) is 2.39. The van der Waals surface area contributed by atoms with Crippen LogP contribution in [0.5, 0.6) is 0 Å². The zero-order valence-corrected chi connectivity index (χ0v) is 28.2. The van der Waals surface area contributed by atoms with Crippen LogP contribution in [0.2, 0.25) is 0 Å². The van der Waals surface area contributed by atoms with Gasteiger partial charge in [0.15, 0.2) is 5.78 Å². The molecule has 0 radical (unpaired) electrons. The van der Waals surface area contributed by atoms with E-state index in [0.29, 0.717) is 0 Å². The van der Waals surface area contributed by atoms with Crippen LogP contribution in [0, 0.1) is 22.7 Å². The molecule has 0 amide bonds. The molecule has 260 valence electrons. The molecule has 0 saturated heterocycles. The molecule has 1 aromatic carbocycles. The summed E-state index contributed by atoms with van der Waals surface area (Å²) in [6.07, 6.45) is -8.57. The van der Waals surface area contributed by atoms with Crippen molar-refractivity contribution in [2.45, 2.75) is 110 Å². The van der Waals surface area contributed by atoms with E-state index < -0.39 is 106 Å². The molecule has 1 unspecified atom stereocenters. The molecule has 2 bridgehead atoms. The predicted molar refractivity (Wildman–Crippen MR) is 164 cm³/mol. The van der Waals surface area contributed by atoms with Gasteiger partial charge in [-0.15, -0.1) is 0 Å². The summed E-state index contributed by atoms with van der Waals surface area (Å²) in [7, 11) is 0. The number of aliphatic hydroxyl groups is 2. The van der Waals surface area contributed by atoms with Crippen molar-refractivity contribution in [2.75, 3.05) is 0 Å². The number of rotatable bonds is 6. The smallest absolute Gasteiger partial charge is 0.338 e. The molecule has 48 heavy (non-hydrogen) atoms. The van der Waals surface area contributed by atoms with Gasteiger partial charge >= 0.3 is 29.8 Å². The lowest BCUT2D eigenvalue weighted by atomic mass is 9.58. The fraction of sp³-hybridized carbons (Fsp3) is 0.600. The quantitative estimate of drug-likeness (QED) is 0.332. The third kappa shape index (κ3) is 5.22. The maximum atomic E-state index is 14.2. The Morgan fingerprint density at radius 3 is 1.79 bits per heavy atom. The first kappa shape index (κ1) is 35.2. The number of esters is 5. The van der Waals surface area contributed by atoms with E-state index in [1.807, 2.05) is 0 Å². The van der Waals surface area contributed by atoms with Gasteiger partial charge in [0.2, 0.25) is 0 Å². The standard InChI is InChI=1S/C35H42O13/c1-16-14-34(42)24(25(16)48-29(41)21-12-10-9-11-13-21)28(45-18(3)37)35(43)15-22-23(27(44-17(2)36)32(6,7)26(22)40)33(8,30(34)46-19(4)38)31(35)47-20(5)39/h9-13,16,24-25,27-28,30-31,42-43H,14-15H2,1-8H3/t16-,24+,25-,27-,28+,30+,31?,33-,34+,35-/m0/s1. The van der Waals surface area contributed by atoms with Crippen LogP contribution in [0.1, 0.15) is 78.6 Å². The van der Waals surface area contributed by atoms with Gasteiger partial charge in [-0.25, -0.2) is 4.79 Å². The summed E-state index contributed by atoms with van der Waals surface area (Å²) >= 11 is 0. The summed E-state index contributed by atoms with van der Waals surface area (Å²) in [6.45, 7) is 10.7. The first-order valence-corrected chi connectivity index (χ1v) is 15.9. The maximum Gasteiger partial charge on any atom is 0.338 e. The number of ketones is 1. The molecule has 2 fully saturated rings. The Kier molecular flexibility index (Phi) is 8.65. The number of carbonyl (C=O) groups is 6. The third-order valence-corrected chi connectivity index (χ3v) is 10.5. The highest BCUT2D eigenvalue weighted by Gasteiger charge is 2.80. The third-order valence-electron chi connectivity index (χ3n) is 10.5. The monoisotopic (exact) mass is 670 g/mol. The summed E-state index contributed by atoms with van der Waals surface area (Å²) in [5.74, 6) is -6.82. The molecule has 1 aromatic rings. The van der Waals surface area contributed by atoms with Crippen molar-refractivity contribution >= 4 is 35.6 Å². The maximum absolute atomic E-state index is 14.2. The van der Waals surface area contributed by atoms with E-state index in [-0.39, 0.29) is 23.1 Å². The fourth-order valence-electron chi connectivity index (χ4n) is 8.91. The zero-order chi connectivity index (χ0) is 35.7. The average molecular weight is 671 g/mol. The molecular weight excluding hydrogens is 628 g/mol. The Bertz CT molecular complexity index is 1600. The van der Waals surface area contributed by atoms with Crippen LogP contribution >= 0.6 is 0 Å². The minimum atomic E-state index is -2.46. The summed E-state index contributed by atoms with van der Waals surface area (Å²) in [4.78, 5) is 78.8. The van der Waals surface area contributed by atoms with Gasteiger partial charge in [0, 0.05) is 39.7 Å². The van der Waals surface area contributed by atoms with E-state index in [1.165, 1.54) is 19.1 Å². The Balaban J connectivity index is 1.84. The van der Waals surface area contributed by atoms with Gasteiger partial charge < -0.3 is 33.9 Å². The summed E-state index contributed by atoms with van der Waals surface area (Å²) in [5, 5.41) is 26.0. The van der Waals surface area contributed by atoms with Crippen LogP contribution in [-0.4, -0.2) is 87.6 Å². The van der Waals surface area contributed by atoms with Crippen LogP contribution in [0.15, 0.2) is 41.5 Å². The van der Waals surface area contributed by atoms with Crippen molar-refractivity contribution < 1.29 is 62.7 Å². The summed E-state index contributed by atoms with van der Waals surface area (Å²) < 4.78 is 29.5. The molecule has 2 N–H and O–H groups in total. The van der Waals surface area contributed by atoms with Gasteiger partial charge in [-0.1, -0.05) is 25.1 Å². The second-order valence-corrected chi connectivity index (χ2v) is 14.3. The molecule has 4 aliphatic rings. The van der Waals surface area contributed by atoms with Gasteiger partial charge in [0.05, 0.1) is 22.3 Å². The van der Waals surface area contributed by atoms with Gasteiger partial charge in [-0.05, 0) is 50.8 Å². The SMILES string of the molecule is CC(=O)OC1[C@]2(O)CC3=C([C@H](OC(C)=O)C(C)(C)C3=O)[C@@]1(C)[C@@H](OC(C)=O)[C@@]1(O)C[C@H](C)[C@H](OC(=O)c3ccccc3)[C@@H]1[C@H]2OC(C)=O. The van der Waals surface area contributed by atoms with E-state index >= 15 is 0 Å². The number of hydrogen-bond acceptors (Lipinski definition) is 13. The van der Waals surface area contributed by atoms with Gasteiger partial charge in [-0.3, -0.25) is 24.0 Å². The van der Waals surface area contributed by atoms with Gasteiger partial charge in [-0.2, -0.15) is 0 Å². The molecule has 0 spiro atoms. The molecule has 2 saturated carbocycles. The molecule has 0 aromatic heterocycles. The Hall–Kier alpha value is -4.10. The fourth-order valence-corrected chi connectivity index (χ4v) is 8.91. The Morgan fingerprint density at radius 2 is 1.27 bits per heavy atom. The largest absolute Gasteiger partial charge is 0.459 e.